The smallest absolute Gasteiger partial charge is 0.323 e. The first kappa shape index (κ1) is 25.5. The van der Waals surface area contributed by atoms with Crippen LogP contribution in [0, 0.1) is 11.7 Å². The fraction of sp³-hybridized carbons (Fsp3) is 0.444. The van der Waals surface area contributed by atoms with E-state index in [-0.39, 0.29) is 17.0 Å². The number of hydrogen-bond acceptors (Lipinski definition) is 8. The molecule has 0 amide bonds. The standard InChI is InChI=1S/C27H30ClFN4O4/c1-33(23-8-10-36-27(23)34)9-11-35-24-13-19-22(14-25(24)37-15-17-4-2-3-5-17)30-16-31-26(19)32-18-6-7-21(29)20(28)12-18/h6-7,12-14,16-17,23H,2-5,8-11,15H2,1H3,(H,30,31,32). The molecule has 1 atom stereocenters. The number of carbonyl (C=O) groups excluding carboxylic acids is 1. The first-order valence-corrected chi connectivity index (χ1v) is 13.0. The van der Waals surface area contributed by atoms with Gasteiger partial charge in [-0.05, 0) is 50.1 Å². The molecule has 2 aliphatic rings. The normalized spacial score (nSPS) is 17.9. The van der Waals surface area contributed by atoms with E-state index in [2.05, 4.69) is 15.3 Å². The van der Waals surface area contributed by atoms with Crippen molar-refractivity contribution in [1.29, 1.82) is 0 Å². The summed E-state index contributed by atoms with van der Waals surface area (Å²) in [4.78, 5) is 22.7. The molecule has 10 heteroatoms. The molecule has 1 aliphatic heterocycles. The molecular formula is C27H30ClFN4O4. The summed E-state index contributed by atoms with van der Waals surface area (Å²) in [6.07, 6.45) is 6.96. The van der Waals surface area contributed by atoms with Gasteiger partial charge in [-0.3, -0.25) is 9.69 Å². The molecule has 0 bridgehead atoms. The minimum atomic E-state index is -0.490. The molecule has 2 heterocycles. The van der Waals surface area contributed by atoms with Gasteiger partial charge in [0, 0.05) is 30.1 Å². The van der Waals surface area contributed by atoms with Crippen molar-refractivity contribution in [3.63, 3.8) is 0 Å². The number of benzene rings is 2. The van der Waals surface area contributed by atoms with Crippen LogP contribution in [0.25, 0.3) is 10.9 Å². The first-order chi connectivity index (χ1) is 18.0. The van der Waals surface area contributed by atoms with Gasteiger partial charge in [0.1, 0.15) is 30.6 Å². The number of rotatable bonds is 10. The summed E-state index contributed by atoms with van der Waals surface area (Å²) in [6.45, 7) is 1.98. The van der Waals surface area contributed by atoms with Crippen molar-refractivity contribution in [2.75, 3.05) is 38.7 Å². The van der Waals surface area contributed by atoms with Crippen LogP contribution in [0.2, 0.25) is 5.02 Å². The third-order valence-corrected chi connectivity index (χ3v) is 7.26. The summed E-state index contributed by atoms with van der Waals surface area (Å²) in [7, 11) is 1.89. The maximum Gasteiger partial charge on any atom is 0.323 e. The molecule has 8 nitrogen and oxygen atoms in total. The largest absolute Gasteiger partial charge is 0.489 e. The summed E-state index contributed by atoms with van der Waals surface area (Å²) in [6, 6.07) is 7.87. The van der Waals surface area contributed by atoms with Crippen molar-refractivity contribution >= 4 is 40.0 Å². The molecule has 1 saturated carbocycles. The molecule has 1 N–H and O–H groups in total. The van der Waals surface area contributed by atoms with E-state index < -0.39 is 5.82 Å². The van der Waals surface area contributed by atoms with Crippen LogP contribution in [0.5, 0.6) is 11.5 Å². The summed E-state index contributed by atoms with van der Waals surface area (Å²) in [5, 5.41) is 3.94. The highest BCUT2D eigenvalue weighted by Gasteiger charge is 2.30. The quantitative estimate of drug-likeness (QED) is 0.352. The van der Waals surface area contributed by atoms with E-state index in [1.165, 1.54) is 44.1 Å². The lowest BCUT2D eigenvalue weighted by Gasteiger charge is -2.22. The fourth-order valence-corrected chi connectivity index (χ4v) is 5.01. The minimum absolute atomic E-state index is 0.0187. The lowest BCUT2D eigenvalue weighted by molar-refractivity contribution is -0.142. The van der Waals surface area contributed by atoms with Gasteiger partial charge in [-0.2, -0.15) is 0 Å². The minimum Gasteiger partial charge on any atom is -0.489 e. The molecule has 5 rings (SSSR count). The third-order valence-electron chi connectivity index (χ3n) is 6.97. The topological polar surface area (TPSA) is 85.8 Å². The summed E-state index contributed by atoms with van der Waals surface area (Å²) >= 11 is 5.95. The van der Waals surface area contributed by atoms with E-state index in [0.717, 1.165) is 5.39 Å². The Morgan fingerprint density at radius 3 is 2.70 bits per heavy atom. The van der Waals surface area contributed by atoms with Crippen LogP contribution < -0.4 is 14.8 Å². The van der Waals surface area contributed by atoms with Crippen LogP contribution in [0.1, 0.15) is 32.1 Å². The van der Waals surface area contributed by atoms with Gasteiger partial charge in [-0.25, -0.2) is 14.4 Å². The van der Waals surface area contributed by atoms with Crippen LogP contribution >= 0.6 is 11.6 Å². The van der Waals surface area contributed by atoms with Gasteiger partial charge in [0.15, 0.2) is 11.5 Å². The Morgan fingerprint density at radius 2 is 1.95 bits per heavy atom. The maximum atomic E-state index is 13.6. The number of aromatic nitrogens is 2. The van der Waals surface area contributed by atoms with E-state index >= 15 is 0 Å². The van der Waals surface area contributed by atoms with Crippen LogP contribution in [0.4, 0.5) is 15.9 Å². The predicted molar refractivity (Wildman–Crippen MR) is 139 cm³/mol. The number of nitrogens with one attached hydrogen (secondary N) is 1. The van der Waals surface area contributed by atoms with Gasteiger partial charge in [-0.15, -0.1) is 0 Å². The monoisotopic (exact) mass is 528 g/mol. The SMILES string of the molecule is CN(CCOc1cc2c(Nc3ccc(F)c(Cl)c3)ncnc2cc1OCC1CCCC1)C1CCOC1=O. The molecule has 2 aromatic carbocycles. The van der Waals surface area contributed by atoms with Crippen LogP contribution in [-0.2, 0) is 9.53 Å². The number of nitrogens with zero attached hydrogens (tertiary/aromatic N) is 3. The number of hydrogen-bond donors (Lipinski definition) is 1. The average Bonchev–Trinajstić information content (AvgIpc) is 3.57. The Bertz CT molecular complexity index is 1270. The molecule has 1 saturated heterocycles. The van der Waals surface area contributed by atoms with E-state index in [1.54, 1.807) is 6.07 Å². The van der Waals surface area contributed by atoms with Crippen LogP contribution in [0.3, 0.4) is 0 Å². The number of ether oxygens (including phenoxy) is 3. The summed E-state index contributed by atoms with van der Waals surface area (Å²) < 4.78 is 31.1. The molecule has 1 unspecified atom stereocenters. The Kier molecular flexibility index (Phi) is 7.90. The molecule has 1 aromatic heterocycles. The molecule has 1 aliphatic carbocycles. The highest BCUT2D eigenvalue weighted by molar-refractivity contribution is 6.31. The molecule has 0 radical (unpaired) electrons. The third kappa shape index (κ3) is 6.05. The summed E-state index contributed by atoms with van der Waals surface area (Å²) in [5.41, 5.74) is 1.28. The average molecular weight is 529 g/mol. The Hall–Kier alpha value is -3.17. The van der Waals surface area contributed by atoms with E-state index in [4.69, 9.17) is 25.8 Å². The first-order valence-electron chi connectivity index (χ1n) is 12.6. The number of esters is 1. The zero-order chi connectivity index (χ0) is 25.8. The lowest BCUT2D eigenvalue weighted by atomic mass is 10.1. The number of cyclic esters (lactones) is 1. The molecule has 0 spiro atoms. The zero-order valence-electron chi connectivity index (χ0n) is 20.7. The Labute approximate surface area is 220 Å². The summed E-state index contributed by atoms with van der Waals surface area (Å²) in [5.74, 6) is 1.58. The van der Waals surface area contributed by atoms with E-state index in [1.807, 2.05) is 24.1 Å². The van der Waals surface area contributed by atoms with Gasteiger partial charge in [-0.1, -0.05) is 24.4 Å². The highest BCUT2D eigenvalue weighted by atomic mass is 35.5. The van der Waals surface area contributed by atoms with Gasteiger partial charge < -0.3 is 19.5 Å². The lowest BCUT2D eigenvalue weighted by Crippen LogP contribution is -2.37. The van der Waals surface area contributed by atoms with Gasteiger partial charge in [0.2, 0.25) is 0 Å². The Morgan fingerprint density at radius 1 is 1.14 bits per heavy atom. The van der Waals surface area contributed by atoms with Crippen LogP contribution in [-0.4, -0.2) is 60.3 Å². The van der Waals surface area contributed by atoms with Gasteiger partial charge in [0.25, 0.3) is 0 Å². The number of halogens is 2. The van der Waals surface area contributed by atoms with Gasteiger partial charge in [0.05, 0.1) is 23.8 Å². The van der Waals surface area contributed by atoms with Crippen molar-refractivity contribution in [3.05, 3.63) is 47.5 Å². The second kappa shape index (κ2) is 11.5. The maximum absolute atomic E-state index is 13.6. The number of anilines is 2. The van der Waals surface area contributed by atoms with Crippen molar-refractivity contribution in [3.8, 4) is 11.5 Å². The highest BCUT2D eigenvalue weighted by Crippen LogP contribution is 2.36. The van der Waals surface area contributed by atoms with E-state index in [9.17, 15) is 9.18 Å². The second-order valence-corrected chi connectivity index (χ2v) is 9.96. The second-order valence-electron chi connectivity index (χ2n) is 9.55. The number of carbonyl (C=O) groups is 1. The molecular weight excluding hydrogens is 499 g/mol. The van der Waals surface area contributed by atoms with Crippen molar-refractivity contribution in [2.24, 2.45) is 5.92 Å². The van der Waals surface area contributed by atoms with Gasteiger partial charge >= 0.3 is 5.97 Å². The van der Waals surface area contributed by atoms with E-state index in [0.29, 0.717) is 67.2 Å². The Balaban J connectivity index is 1.38. The molecule has 3 aromatic rings. The van der Waals surface area contributed by atoms with Crippen molar-refractivity contribution < 1.29 is 23.4 Å². The molecule has 196 valence electrons. The van der Waals surface area contributed by atoms with Crippen molar-refractivity contribution in [1.82, 2.24) is 14.9 Å². The number of likely N-dealkylation sites (N-methyl/N-ethyl adjacent to an activating group) is 1. The molecule has 2 fully saturated rings. The fourth-order valence-electron chi connectivity index (χ4n) is 4.83. The molecule has 37 heavy (non-hydrogen) atoms. The van der Waals surface area contributed by atoms with Crippen molar-refractivity contribution in [2.45, 2.75) is 38.1 Å². The predicted octanol–water partition coefficient (Wildman–Crippen LogP) is 5.36. The van der Waals surface area contributed by atoms with Crippen LogP contribution in [0.15, 0.2) is 36.7 Å². The zero-order valence-corrected chi connectivity index (χ0v) is 21.5. The number of fused-ring (bicyclic) bond motifs is 1.